The zero-order valence-corrected chi connectivity index (χ0v) is 16.0. The monoisotopic (exact) mass is 354 g/mol. The summed E-state index contributed by atoms with van der Waals surface area (Å²) in [5, 5.41) is 6.48. The van der Waals surface area contributed by atoms with Crippen molar-refractivity contribution in [3.63, 3.8) is 0 Å². The van der Waals surface area contributed by atoms with Crippen molar-refractivity contribution in [1.29, 1.82) is 0 Å². The third-order valence-electron chi connectivity index (χ3n) is 4.76. The molecule has 2 aliphatic carbocycles. The summed E-state index contributed by atoms with van der Waals surface area (Å²) < 4.78 is 0. The van der Waals surface area contributed by atoms with E-state index in [-0.39, 0.29) is 11.4 Å². The van der Waals surface area contributed by atoms with E-state index in [9.17, 15) is 4.79 Å². The molecule has 0 saturated heterocycles. The van der Waals surface area contributed by atoms with Gasteiger partial charge in [0.05, 0.1) is 11.2 Å². The number of hydrogen-bond acceptors (Lipinski definition) is 4. The molecule has 0 aliphatic heterocycles. The number of benzene rings is 1. The number of carbonyl (C=O) groups excluding carboxylic acids is 1. The number of aliphatic imine (C=N–C) groups is 1. The van der Waals surface area contributed by atoms with Crippen molar-refractivity contribution in [3.05, 3.63) is 47.3 Å². The van der Waals surface area contributed by atoms with Crippen LogP contribution in [0.15, 0.2) is 41.2 Å². The average molecular weight is 354 g/mol. The van der Waals surface area contributed by atoms with Crippen LogP contribution in [0.3, 0.4) is 0 Å². The Kier molecular flexibility index (Phi) is 5.47. The first-order valence-electron chi connectivity index (χ1n) is 9.47. The molecule has 26 heavy (non-hydrogen) atoms. The van der Waals surface area contributed by atoms with Crippen LogP contribution in [-0.2, 0) is 0 Å². The molecule has 4 N–H and O–H groups in total. The maximum atomic E-state index is 12.6. The predicted octanol–water partition coefficient (Wildman–Crippen LogP) is 2.94. The van der Waals surface area contributed by atoms with Crippen molar-refractivity contribution in [2.24, 2.45) is 16.6 Å². The van der Waals surface area contributed by atoms with Gasteiger partial charge < -0.3 is 16.4 Å². The molecule has 3 rings (SSSR count). The molecule has 0 spiro atoms. The van der Waals surface area contributed by atoms with Gasteiger partial charge in [0.1, 0.15) is 0 Å². The zero-order chi connectivity index (χ0) is 18.7. The van der Waals surface area contributed by atoms with Crippen LogP contribution in [-0.4, -0.2) is 30.2 Å². The first kappa shape index (κ1) is 18.6. The van der Waals surface area contributed by atoms with Crippen LogP contribution in [0.5, 0.6) is 0 Å². The molecule has 0 aromatic heterocycles. The molecular weight excluding hydrogens is 324 g/mol. The number of amides is 1. The highest BCUT2D eigenvalue weighted by atomic mass is 16.1. The van der Waals surface area contributed by atoms with E-state index in [1.54, 1.807) is 6.21 Å². The lowest BCUT2D eigenvalue weighted by atomic mass is 10.1. The average Bonchev–Trinajstić information content (AvgIpc) is 3.50. The van der Waals surface area contributed by atoms with E-state index in [0.717, 1.165) is 18.9 Å². The van der Waals surface area contributed by atoms with Gasteiger partial charge in [-0.2, -0.15) is 0 Å². The summed E-state index contributed by atoms with van der Waals surface area (Å²) in [6.07, 6.45) is 6.88. The second-order valence-electron chi connectivity index (χ2n) is 8.43. The molecular formula is C21H30N4O. The summed E-state index contributed by atoms with van der Waals surface area (Å²) in [6.45, 7) is 7.11. The van der Waals surface area contributed by atoms with Crippen LogP contribution in [0.25, 0.3) is 0 Å². The third kappa shape index (κ3) is 5.43. The molecule has 0 bridgehead atoms. The third-order valence-corrected chi connectivity index (χ3v) is 4.76. The van der Waals surface area contributed by atoms with Gasteiger partial charge in [-0.3, -0.25) is 9.79 Å². The standard InChI is InChI=1S/C21H30N4O/c1-21(2,3)24-13-17(11-22)25-20(26)16-6-4-5-15(9-16)18-10-19(18)23-12-14-7-8-14/h4-6,9,11,13-14,18-19,23H,7-8,10,12,22H2,1-3H3,(H,25,26). The second kappa shape index (κ2) is 7.62. The lowest BCUT2D eigenvalue weighted by Crippen LogP contribution is -2.25. The number of hydrogen-bond donors (Lipinski definition) is 3. The molecule has 1 amide bonds. The Bertz CT molecular complexity index is 713. The highest BCUT2D eigenvalue weighted by Crippen LogP contribution is 2.41. The van der Waals surface area contributed by atoms with E-state index in [1.165, 1.54) is 24.6 Å². The quantitative estimate of drug-likeness (QED) is 0.659. The summed E-state index contributed by atoms with van der Waals surface area (Å²) in [5.74, 6) is 1.25. The molecule has 140 valence electrons. The number of allylic oxidation sites excluding steroid dienone is 1. The van der Waals surface area contributed by atoms with Gasteiger partial charge >= 0.3 is 0 Å². The van der Waals surface area contributed by atoms with Gasteiger partial charge in [-0.1, -0.05) is 12.1 Å². The largest absolute Gasteiger partial charge is 0.403 e. The van der Waals surface area contributed by atoms with Crippen LogP contribution in [0.1, 0.15) is 61.9 Å². The SMILES string of the molecule is CC(C)(C)N=CC(=CN)NC(=O)c1cccc(C2CC2NCC2CC2)c1. The first-order chi connectivity index (χ1) is 12.4. The van der Waals surface area contributed by atoms with Crippen LogP contribution >= 0.6 is 0 Å². The Hall–Kier alpha value is -2.14. The highest BCUT2D eigenvalue weighted by molar-refractivity contribution is 5.99. The minimum atomic E-state index is -0.215. The summed E-state index contributed by atoms with van der Waals surface area (Å²) in [5.41, 5.74) is 7.79. The van der Waals surface area contributed by atoms with Crippen molar-refractivity contribution in [1.82, 2.24) is 10.6 Å². The van der Waals surface area contributed by atoms with Crippen molar-refractivity contribution in [2.75, 3.05) is 6.54 Å². The molecule has 5 heteroatoms. The fraction of sp³-hybridized carbons (Fsp3) is 0.524. The predicted molar refractivity (Wildman–Crippen MR) is 106 cm³/mol. The van der Waals surface area contributed by atoms with E-state index in [2.05, 4.69) is 21.7 Å². The molecule has 2 aliphatic rings. The smallest absolute Gasteiger partial charge is 0.255 e. The summed E-state index contributed by atoms with van der Waals surface area (Å²) in [7, 11) is 0. The van der Waals surface area contributed by atoms with E-state index < -0.39 is 0 Å². The van der Waals surface area contributed by atoms with Gasteiger partial charge in [0, 0.05) is 29.9 Å². The Labute approximate surface area is 156 Å². The normalized spacial score (nSPS) is 23.3. The molecule has 2 unspecified atom stereocenters. The molecule has 0 heterocycles. The van der Waals surface area contributed by atoms with Crippen molar-refractivity contribution >= 4 is 12.1 Å². The number of nitrogens with zero attached hydrogens (tertiary/aromatic N) is 1. The van der Waals surface area contributed by atoms with Crippen LogP contribution in [0.4, 0.5) is 0 Å². The number of nitrogens with one attached hydrogen (secondary N) is 2. The van der Waals surface area contributed by atoms with Crippen LogP contribution in [0, 0.1) is 5.92 Å². The lowest BCUT2D eigenvalue weighted by molar-refractivity contribution is 0.0968. The van der Waals surface area contributed by atoms with Gasteiger partial charge in [0.15, 0.2) is 0 Å². The molecule has 1 aromatic rings. The molecule has 2 fully saturated rings. The Balaban J connectivity index is 1.58. The van der Waals surface area contributed by atoms with E-state index in [0.29, 0.717) is 23.2 Å². The van der Waals surface area contributed by atoms with Gasteiger partial charge in [-0.05, 0) is 70.2 Å². The van der Waals surface area contributed by atoms with Crippen molar-refractivity contribution < 1.29 is 4.79 Å². The van der Waals surface area contributed by atoms with Crippen LogP contribution < -0.4 is 16.4 Å². The Morgan fingerprint density at radius 2 is 2.12 bits per heavy atom. The fourth-order valence-corrected chi connectivity index (χ4v) is 2.92. The van der Waals surface area contributed by atoms with Crippen LogP contribution in [0.2, 0.25) is 0 Å². The van der Waals surface area contributed by atoms with Crippen molar-refractivity contribution in [3.8, 4) is 0 Å². The van der Waals surface area contributed by atoms with E-state index in [1.807, 2.05) is 39.0 Å². The second-order valence-corrected chi connectivity index (χ2v) is 8.43. The zero-order valence-electron chi connectivity index (χ0n) is 16.0. The summed E-state index contributed by atoms with van der Waals surface area (Å²) in [4.78, 5) is 16.9. The highest BCUT2D eigenvalue weighted by Gasteiger charge is 2.39. The van der Waals surface area contributed by atoms with Gasteiger partial charge in [0.25, 0.3) is 5.91 Å². The fourth-order valence-electron chi connectivity index (χ4n) is 2.92. The summed E-state index contributed by atoms with van der Waals surface area (Å²) in [6, 6.07) is 8.46. The van der Waals surface area contributed by atoms with Gasteiger partial charge in [0.2, 0.25) is 0 Å². The maximum absolute atomic E-state index is 12.6. The number of nitrogens with two attached hydrogens (primary N) is 1. The first-order valence-corrected chi connectivity index (χ1v) is 9.47. The minimum absolute atomic E-state index is 0.160. The lowest BCUT2D eigenvalue weighted by Gasteiger charge is -2.12. The topological polar surface area (TPSA) is 79.5 Å². The van der Waals surface area contributed by atoms with Crippen molar-refractivity contribution in [2.45, 2.75) is 57.5 Å². The van der Waals surface area contributed by atoms with E-state index in [4.69, 9.17) is 5.73 Å². The Morgan fingerprint density at radius 1 is 1.35 bits per heavy atom. The number of rotatable bonds is 7. The molecule has 5 nitrogen and oxygen atoms in total. The minimum Gasteiger partial charge on any atom is -0.403 e. The summed E-state index contributed by atoms with van der Waals surface area (Å²) >= 11 is 0. The number of carbonyl (C=O) groups is 1. The molecule has 2 saturated carbocycles. The Morgan fingerprint density at radius 3 is 2.77 bits per heavy atom. The molecule has 1 aromatic carbocycles. The van der Waals surface area contributed by atoms with Gasteiger partial charge in [-0.25, -0.2) is 0 Å². The maximum Gasteiger partial charge on any atom is 0.255 e. The molecule has 0 radical (unpaired) electrons. The van der Waals surface area contributed by atoms with Gasteiger partial charge in [-0.15, -0.1) is 0 Å². The molecule has 2 atom stereocenters. The van der Waals surface area contributed by atoms with E-state index >= 15 is 0 Å².